The van der Waals surface area contributed by atoms with Gasteiger partial charge in [-0.05, 0) is 60.9 Å². The van der Waals surface area contributed by atoms with Crippen LogP contribution in [0.4, 0.5) is 10.1 Å². The van der Waals surface area contributed by atoms with Crippen molar-refractivity contribution in [3.05, 3.63) is 59.4 Å². The number of fused-ring (bicyclic) bond motifs is 1. The summed E-state index contributed by atoms with van der Waals surface area (Å²) in [4.78, 5) is 25.1. The molecule has 0 saturated heterocycles. The van der Waals surface area contributed by atoms with Crippen LogP contribution in [0.5, 0.6) is 0 Å². The highest BCUT2D eigenvalue weighted by Crippen LogP contribution is 2.30. The smallest absolute Gasteiger partial charge is 0.307 e. The lowest BCUT2D eigenvalue weighted by Crippen LogP contribution is -2.34. The van der Waals surface area contributed by atoms with E-state index in [-0.39, 0.29) is 24.6 Å². The van der Waals surface area contributed by atoms with Crippen LogP contribution in [0.3, 0.4) is 0 Å². The van der Waals surface area contributed by atoms with Crippen molar-refractivity contribution in [1.29, 1.82) is 0 Å². The monoisotopic (exact) mass is 451 g/mol. The van der Waals surface area contributed by atoms with Gasteiger partial charge in [0.25, 0.3) is 0 Å². The molecule has 0 atom stereocenters. The normalized spacial score (nSPS) is 13.6. The Kier molecular flexibility index (Phi) is 7.14. The number of ether oxygens (including phenoxy) is 1. The first-order valence-corrected chi connectivity index (χ1v) is 12.3. The maximum Gasteiger partial charge on any atom is 0.307 e. The van der Waals surface area contributed by atoms with Crippen LogP contribution < -0.4 is 4.31 Å². The van der Waals surface area contributed by atoms with Gasteiger partial charge in [-0.2, -0.15) is 0 Å². The standard InChI is InChI=1S/C21H22FNO5S2/c1-30(26,27)23-11-2-3-15-13-16(4-9-19(15)23)20(24)14-28-21(25)10-12-29-18-7-5-17(22)6-8-18/h4-9,13H,2-3,10-12,14H2,1H3. The average molecular weight is 452 g/mol. The van der Waals surface area contributed by atoms with E-state index >= 15 is 0 Å². The second kappa shape index (κ2) is 9.61. The van der Waals surface area contributed by atoms with Gasteiger partial charge in [0.1, 0.15) is 5.82 Å². The van der Waals surface area contributed by atoms with Crippen molar-refractivity contribution in [1.82, 2.24) is 0 Å². The minimum absolute atomic E-state index is 0.128. The first kappa shape index (κ1) is 22.3. The van der Waals surface area contributed by atoms with Gasteiger partial charge in [0.15, 0.2) is 12.4 Å². The molecule has 1 aliphatic heterocycles. The number of ketones is 1. The van der Waals surface area contributed by atoms with Gasteiger partial charge in [0.05, 0.1) is 18.4 Å². The Hall–Kier alpha value is -2.39. The highest BCUT2D eigenvalue weighted by atomic mass is 32.2. The third-order valence-corrected chi connectivity index (χ3v) is 6.82. The molecule has 0 aromatic heterocycles. The van der Waals surface area contributed by atoms with Crippen molar-refractivity contribution in [2.75, 3.05) is 29.5 Å². The number of sulfonamides is 1. The van der Waals surface area contributed by atoms with Crippen LogP contribution in [0.1, 0.15) is 28.8 Å². The summed E-state index contributed by atoms with van der Waals surface area (Å²) < 4.78 is 43.1. The fraction of sp³-hybridized carbons (Fsp3) is 0.333. The lowest BCUT2D eigenvalue weighted by atomic mass is 9.99. The number of nitrogens with zero attached hydrogens (tertiary/aromatic N) is 1. The molecule has 0 unspecified atom stereocenters. The molecule has 0 aliphatic carbocycles. The number of aryl methyl sites for hydroxylation is 1. The number of hydrogen-bond donors (Lipinski definition) is 0. The average Bonchev–Trinajstić information content (AvgIpc) is 2.72. The zero-order valence-corrected chi connectivity index (χ0v) is 18.1. The fourth-order valence-electron chi connectivity index (χ4n) is 3.17. The molecule has 6 nitrogen and oxygen atoms in total. The van der Waals surface area contributed by atoms with Crippen LogP contribution >= 0.6 is 11.8 Å². The van der Waals surface area contributed by atoms with Gasteiger partial charge in [-0.3, -0.25) is 13.9 Å². The van der Waals surface area contributed by atoms with E-state index in [2.05, 4.69) is 0 Å². The minimum atomic E-state index is -3.37. The number of rotatable bonds is 8. The molecule has 1 heterocycles. The van der Waals surface area contributed by atoms with E-state index in [1.807, 2.05) is 0 Å². The number of carbonyl (C=O) groups is 2. The van der Waals surface area contributed by atoms with E-state index in [0.29, 0.717) is 36.4 Å². The Bertz CT molecular complexity index is 1040. The van der Waals surface area contributed by atoms with E-state index < -0.39 is 16.0 Å². The molecule has 160 valence electrons. The third kappa shape index (κ3) is 5.82. The topological polar surface area (TPSA) is 80.8 Å². The summed E-state index contributed by atoms with van der Waals surface area (Å²) >= 11 is 1.40. The first-order valence-electron chi connectivity index (χ1n) is 9.42. The highest BCUT2D eigenvalue weighted by molar-refractivity contribution is 7.99. The third-order valence-electron chi connectivity index (χ3n) is 4.63. The summed E-state index contributed by atoms with van der Waals surface area (Å²) in [5.74, 6) is -0.685. The highest BCUT2D eigenvalue weighted by Gasteiger charge is 2.24. The van der Waals surface area contributed by atoms with Crippen molar-refractivity contribution < 1.29 is 27.1 Å². The lowest BCUT2D eigenvalue weighted by Gasteiger charge is -2.29. The molecule has 2 aromatic rings. The van der Waals surface area contributed by atoms with E-state index in [0.717, 1.165) is 16.7 Å². The van der Waals surface area contributed by atoms with Gasteiger partial charge in [-0.15, -0.1) is 11.8 Å². The molecule has 0 saturated carbocycles. The van der Waals surface area contributed by atoms with Crippen LogP contribution in [0.25, 0.3) is 0 Å². The Morgan fingerprint density at radius 1 is 1.17 bits per heavy atom. The summed E-state index contributed by atoms with van der Waals surface area (Å²) in [5, 5.41) is 0. The van der Waals surface area contributed by atoms with Crippen LogP contribution in [-0.2, 0) is 26.0 Å². The Morgan fingerprint density at radius 3 is 2.60 bits per heavy atom. The van der Waals surface area contributed by atoms with Crippen molar-refractivity contribution in [2.45, 2.75) is 24.2 Å². The second-order valence-electron chi connectivity index (χ2n) is 6.92. The van der Waals surface area contributed by atoms with Crippen LogP contribution in [0.2, 0.25) is 0 Å². The number of thioether (sulfide) groups is 1. The fourth-order valence-corrected chi connectivity index (χ4v) is 4.99. The number of esters is 1. The molecular formula is C21H22FNO5S2. The number of anilines is 1. The van der Waals surface area contributed by atoms with E-state index in [1.165, 1.54) is 28.2 Å². The molecule has 0 spiro atoms. The molecule has 2 aromatic carbocycles. The summed E-state index contributed by atoms with van der Waals surface area (Å²) in [6.07, 6.45) is 2.65. The quantitative estimate of drug-likeness (QED) is 0.347. The Morgan fingerprint density at radius 2 is 1.90 bits per heavy atom. The predicted octanol–water partition coefficient (Wildman–Crippen LogP) is 3.45. The molecule has 0 amide bonds. The Balaban J connectivity index is 1.51. The number of hydrogen-bond acceptors (Lipinski definition) is 6. The van der Waals surface area contributed by atoms with Crippen LogP contribution in [0, 0.1) is 5.82 Å². The van der Waals surface area contributed by atoms with Gasteiger partial charge in [-0.25, -0.2) is 12.8 Å². The maximum absolute atomic E-state index is 12.9. The van der Waals surface area contributed by atoms with Crippen molar-refractivity contribution in [2.24, 2.45) is 0 Å². The van der Waals surface area contributed by atoms with E-state index in [1.54, 1.807) is 30.3 Å². The number of halogens is 1. The molecule has 30 heavy (non-hydrogen) atoms. The van der Waals surface area contributed by atoms with Crippen molar-refractivity contribution in [3.63, 3.8) is 0 Å². The van der Waals surface area contributed by atoms with E-state index in [4.69, 9.17) is 4.74 Å². The number of Topliss-reactive ketones (excluding diaryl/α,β-unsaturated/α-hetero) is 1. The predicted molar refractivity (Wildman–Crippen MR) is 114 cm³/mol. The maximum atomic E-state index is 12.9. The SMILES string of the molecule is CS(=O)(=O)N1CCCc2cc(C(=O)COC(=O)CCSc3ccc(F)cc3)ccc21. The molecule has 1 aliphatic rings. The van der Waals surface area contributed by atoms with Gasteiger partial charge in [-0.1, -0.05) is 0 Å². The molecule has 0 N–H and O–H groups in total. The molecule has 0 fully saturated rings. The summed E-state index contributed by atoms with van der Waals surface area (Å²) in [6, 6.07) is 10.8. The van der Waals surface area contributed by atoms with Crippen LogP contribution in [-0.4, -0.2) is 45.3 Å². The lowest BCUT2D eigenvalue weighted by molar-refractivity contribution is -0.141. The summed E-state index contributed by atoms with van der Waals surface area (Å²) in [7, 11) is -3.37. The van der Waals surface area contributed by atoms with Gasteiger partial charge >= 0.3 is 5.97 Å². The molecular weight excluding hydrogens is 429 g/mol. The molecule has 0 bridgehead atoms. The summed E-state index contributed by atoms with van der Waals surface area (Å²) in [5.41, 5.74) is 1.77. The second-order valence-corrected chi connectivity index (χ2v) is 9.99. The number of benzene rings is 2. The van der Waals surface area contributed by atoms with Gasteiger partial charge in [0, 0.05) is 22.8 Å². The van der Waals surface area contributed by atoms with Crippen LogP contribution in [0.15, 0.2) is 47.4 Å². The van der Waals surface area contributed by atoms with Crippen molar-refractivity contribution in [3.8, 4) is 0 Å². The van der Waals surface area contributed by atoms with Gasteiger partial charge in [0.2, 0.25) is 10.0 Å². The number of carbonyl (C=O) groups excluding carboxylic acids is 2. The minimum Gasteiger partial charge on any atom is -0.457 e. The summed E-state index contributed by atoms with van der Waals surface area (Å²) in [6.45, 7) is 0.0568. The van der Waals surface area contributed by atoms with E-state index in [9.17, 15) is 22.4 Å². The largest absolute Gasteiger partial charge is 0.457 e. The van der Waals surface area contributed by atoms with Gasteiger partial charge < -0.3 is 4.74 Å². The zero-order chi connectivity index (χ0) is 21.7. The Labute approximate surface area is 179 Å². The molecule has 3 rings (SSSR count). The zero-order valence-electron chi connectivity index (χ0n) is 16.5. The first-order chi connectivity index (χ1) is 14.2. The molecule has 9 heteroatoms. The van der Waals surface area contributed by atoms with Crippen molar-refractivity contribution >= 4 is 39.2 Å². The molecule has 0 radical (unpaired) electrons.